The molecule has 0 fully saturated rings. The molecule has 0 saturated carbocycles. The van der Waals surface area contributed by atoms with Gasteiger partial charge in [0.15, 0.2) is 5.78 Å². The average Bonchev–Trinajstić information content (AvgIpc) is 2.08. The van der Waals surface area contributed by atoms with E-state index < -0.39 is 0 Å². The van der Waals surface area contributed by atoms with E-state index >= 15 is 0 Å². The first kappa shape index (κ1) is 9.78. The molecule has 1 rings (SSSR count). The van der Waals surface area contributed by atoms with Crippen molar-refractivity contribution in [3.63, 3.8) is 0 Å². The largest absolute Gasteiger partial charge is 0.508 e. The highest BCUT2D eigenvalue weighted by Gasteiger charge is 2.10. The molecule has 2 nitrogen and oxygen atoms in total. The van der Waals surface area contributed by atoms with Crippen LogP contribution in [0.2, 0.25) is 0 Å². The van der Waals surface area contributed by atoms with Gasteiger partial charge in [-0.15, -0.1) is 0 Å². The van der Waals surface area contributed by atoms with Gasteiger partial charge in [0, 0.05) is 11.5 Å². The lowest BCUT2D eigenvalue weighted by atomic mass is 9.99. The Labute approximate surface area is 78.2 Å². The molecule has 2 heteroatoms. The van der Waals surface area contributed by atoms with Crippen LogP contribution in [-0.4, -0.2) is 10.9 Å². The van der Waals surface area contributed by atoms with Crippen molar-refractivity contribution in [3.8, 4) is 5.75 Å². The molecular weight excluding hydrogens is 164 g/mol. The maximum absolute atomic E-state index is 11.5. The number of aromatic hydroxyl groups is 1. The fourth-order valence-corrected chi connectivity index (χ4v) is 1.14. The Morgan fingerprint density at radius 3 is 2.46 bits per heavy atom. The lowest BCUT2D eigenvalue weighted by molar-refractivity contribution is 0.0939. The van der Waals surface area contributed by atoms with Crippen molar-refractivity contribution in [2.45, 2.75) is 20.8 Å². The van der Waals surface area contributed by atoms with Gasteiger partial charge in [0.05, 0.1) is 0 Å². The summed E-state index contributed by atoms with van der Waals surface area (Å²) in [6, 6.07) is 4.94. The first-order chi connectivity index (χ1) is 6.02. The van der Waals surface area contributed by atoms with Gasteiger partial charge in [0.1, 0.15) is 5.75 Å². The Hall–Kier alpha value is -1.31. The molecule has 0 heterocycles. The van der Waals surface area contributed by atoms with Gasteiger partial charge in [-0.2, -0.15) is 0 Å². The number of Topliss-reactive ketones (excluding diaryl/α,β-unsaturated/α-hetero) is 1. The Morgan fingerprint density at radius 2 is 2.00 bits per heavy atom. The van der Waals surface area contributed by atoms with Crippen LogP contribution in [0.5, 0.6) is 5.75 Å². The molecular formula is C11H14O2. The van der Waals surface area contributed by atoms with E-state index in [-0.39, 0.29) is 17.5 Å². The zero-order chi connectivity index (χ0) is 10.0. The summed E-state index contributed by atoms with van der Waals surface area (Å²) in [4.78, 5) is 11.5. The van der Waals surface area contributed by atoms with Crippen LogP contribution in [0, 0.1) is 12.8 Å². The highest BCUT2D eigenvalue weighted by molar-refractivity contribution is 5.97. The molecule has 0 aliphatic heterocycles. The van der Waals surface area contributed by atoms with Crippen molar-refractivity contribution in [3.05, 3.63) is 29.3 Å². The number of benzene rings is 1. The molecule has 1 aromatic carbocycles. The van der Waals surface area contributed by atoms with Crippen molar-refractivity contribution < 1.29 is 9.90 Å². The quantitative estimate of drug-likeness (QED) is 0.706. The van der Waals surface area contributed by atoms with Crippen LogP contribution < -0.4 is 0 Å². The van der Waals surface area contributed by atoms with Crippen LogP contribution in [-0.2, 0) is 0 Å². The van der Waals surface area contributed by atoms with Crippen LogP contribution in [0.1, 0.15) is 29.8 Å². The number of aryl methyl sites for hydroxylation is 1. The molecule has 0 aliphatic carbocycles. The number of phenolic OH excluding ortho intramolecular Hbond substituents is 1. The lowest BCUT2D eigenvalue weighted by Gasteiger charge is -2.05. The molecule has 0 spiro atoms. The number of hydrogen-bond acceptors (Lipinski definition) is 2. The SMILES string of the molecule is Cc1cc(C(=O)C(C)C)ccc1O. The second-order valence-electron chi connectivity index (χ2n) is 3.52. The number of carbonyl (C=O) groups excluding carboxylic acids is 1. The molecule has 0 bridgehead atoms. The van der Waals surface area contributed by atoms with Gasteiger partial charge in [-0.25, -0.2) is 0 Å². The van der Waals surface area contributed by atoms with E-state index in [9.17, 15) is 9.90 Å². The van der Waals surface area contributed by atoms with Gasteiger partial charge in [-0.1, -0.05) is 13.8 Å². The van der Waals surface area contributed by atoms with Gasteiger partial charge in [0.2, 0.25) is 0 Å². The first-order valence-corrected chi connectivity index (χ1v) is 4.36. The molecule has 0 atom stereocenters. The third-order valence-electron chi connectivity index (χ3n) is 2.01. The van der Waals surface area contributed by atoms with Crippen LogP contribution in [0.15, 0.2) is 18.2 Å². The fourth-order valence-electron chi connectivity index (χ4n) is 1.14. The van der Waals surface area contributed by atoms with E-state index in [4.69, 9.17) is 0 Å². The molecule has 1 N–H and O–H groups in total. The van der Waals surface area contributed by atoms with Gasteiger partial charge >= 0.3 is 0 Å². The van der Waals surface area contributed by atoms with Crippen LogP contribution >= 0.6 is 0 Å². The van der Waals surface area contributed by atoms with E-state index in [1.807, 2.05) is 13.8 Å². The van der Waals surface area contributed by atoms with Gasteiger partial charge in [0.25, 0.3) is 0 Å². The van der Waals surface area contributed by atoms with Gasteiger partial charge < -0.3 is 5.11 Å². The Bertz CT molecular complexity index is 327. The molecule has 70 valence electrons. The summed E-state index contributed by atoms with van der Waals surface area (Å²) in [5, 5.41) is 9.25. The monoisotopic (exact) mass is 178 g/mol. The van der Waals surface area contributed by atoms with Crippen molar-refractivity contribution in [2.75, 3.05) is 0 Å². The first-order valence-electron chi connectivity index (χ1n) is 4.36. The molecule has 13 heavy (non-hydrogen) atoms. The Balaban J connectivity index is 3.04. The number of rotatable bonds is 2. The lowest BCUT2D eigenvalue weighted by Crippen LogP contribution is -2.07. The Morgan fingerprint density at radius 1 is 1.38 bits per heavy atom. The second kappa shape index (κ2) is 3.60. The number of ketones is 1. The summed E-state index contributed by atoms with van der Waals surface area (Å²) >= 11 is 0. The van der Waals surface area contributed by atoms with E-state index in [2.05, 4.69) is 0 Å². The predicted octanol–water partition coefficient (Wildman–Crippen LogP) is 2.54. The zero-order valence-electron chi connectivity index (χ0n) is 8.16. The van der Waals surface area contributed by atoms with E-state index in [0.29, 0.717) is 5.56 Å². The minimum atomic E-state index is 0.00365. The highest BCUT2D eigenvalue weighted by Crippen LogP contribution is 2.18. The van der Waals surface area contributed by atoms with E-state index in [1.165, 1.54) is 0 Å². The maximum atomic E-state index is 11.5. The van der Waals surface area contributed by atoms with Gasteiger partial charge in [-0.05, 0) is 30.7 Å². The van der Waals surface area contributed by atoms with Crippen molar-refractivity contribution in [1.29, 1.82) is 0 Å². The molecule has 0 radical (unpaired) electrons. The smallest absolute Gasteiger partial charge is 0.165 e. The minimum Gasteiger partial charge on any atom is -0.508 e. The van der Waals surface area contributed by atoms with Crippen molar-refractivity contribution in [2.24, 2.45) is 5.92 Å². The Kier molecular flexibility index (Phi) is 2.71. The molecule has 0 aromatic heterocycles. The number of hydrogen-bond donors (Lipinski definition) is 1. The fraction of sp³-hybridized carbons (Fsp3) is 0.364. The highest BCUT2D eigenvalue weighted by atomic mass is 16.3. The summed E-state index contributed by atoms with van der Waals surface area (Å²) in [5.74, 6) is 0.354. The normalized spacial score (nSPS) is 10.5. The summed E-state index contributed by atoms with van der Waals surface area (Å²) in [7, 11) is 0. The average molecular weight is 178 g/mol. The second-order valence-corrected chi connectivity index (χ2v) is 3.52. The summed E-state index contributed by atoms with van der Waals surface area (Å²) in [6.45, 7) is 5.52. The molecule has 0 saturated heterocycles. The summed E-state index contributed by atoms with van der Waals surface area (Å²) < 4.78 is 0. The zero-order valence-corrected chi connectivity index (χ0v) is 8.16. The topological polar surface area (TPSA) is 37.3 Å². The van der Waals surface area contributed by atoms with Crippen LogP contribution in [0.25, 0.3) is 0 Å². The third-order valence-corrected chi connectivity index (χ3v) is 2.01. The van der Waals surface area contributed by atoms with Crippen molar-refractivity contribution in [1.82, 2.24) is 0 Å². The van der Waals surface area contributed by atoms with E-state index in [0.717, 1.165) is 5.56 Å². The maximum Gasteiger partial charge on any atom is 0.165 e. The van der Waals surface area contributed by atoms with Crippen LogP contribution in [0.3, 0.4) is 0 Å². The standard InChI is InChI=1S/C11H14O2/c1-7(2)11(13)9-4-5-10(12)8(3)6-9/h4-7,12H,1-3H3. The molecule has 0 unspecified atom stereocenters. The minimum absolute atomic E-state index is 0.00365. The van der Waals surface area contributed by atoms with Gasteiger partial charge in [-0.3, -0.25) is 4.79 Å². The number of phenols is 1. The van der Waals surface area contributed by atoms with Crippen LogP contribution in [0.4, 0.5) is 0 Å². The molecule has 0 amide bonds. The van der Waals surface area contributed by atoms with E-state index in [1.54, 1.807) is 25.1 Å². The van der Waals surface area contributed by atoms with Crippen molar-refractivity contribution >= 4 is 5.78 Å². The predicted molar refractivity (Wildman–Crippen MR) is 52.0 cm³/mol. The third kappa shape index (κ3) is 2.08. The molecule has 0 aliphatic rings. The number of carbonyl (C=O) groups is 1. The summed E-state index contributed by atoms with van der Waals surface area (Å²) in [6.07, 6.45) is 0. The summed E-state index contributed by atoms with van der Waals surface area (Å²) in [5.41, 5.74) is 1.41. The molecule has 1 aromatic rings.